The number of methoxy groups -OCH3 is 1. The van der Waals surface area contributed by atoms with Crippen molar-refractivity contribution in [3.8, 4) is 0 Å². The van der Waals surface area contributed by atoms with Gasteiger partial charge in [0.15, 0.2) is 0 Å². The van der Waals surface area contributed by atoms with Gasteiger partial charge in [-0.25, -0.2) is 0 Å². The van der Waals surface area contributed by atoms with Crippen LogP contribution in [0, 0.1) is 5.92 Å². The second-order valence-electron chi connectivity index (χ2n) is 4.90. The Morgan fingerprint density at radius 2 is 2.00 bits per heavy atom. The summed E-state index contributed by atoms with van der Waals surface area (Å²) in [5.41, 5.74) is 1.09. The Hall–Kier alpha value is -1.10. The molecule has 20 heavy (non-hydrogen) atoms. The Balaban J connectivity index is 0.00000200. The maximum atomic E-state index is 12.1. The lowest BCUT2D eigenvalue weighted by atomic mass is 9.97. The standard InChI is InChI=1S/C15H22N2O2.ClH/c1-19-14(12-5-3-2-4-6-12)11-17-15(18)13-7-9-16-10-8-13;/h2-6,13-14,16H,7-11H2,1H3,(H,17,18);1H. The summed E-state index contributed by atoms with van der Waals surface area (Å²) in [5, 5.41) is 6.28. The van der Waals surface area contributed by atoms with Crippen molar-refractivity contribution >= 4 is 18.3 Å². The van der Waals surface area contributed by atoms with Gasteiger partial charge in [-0.2, -0.15) is 0 Å². The van der Waals surface area contributed by atoms with Crippen LogP contribution in [0.4, 0.5) is 0 Å². The summed E-state index contributed by atoms with van der Waals surface area (Å²) in [6.07, 6.45) is 1.77. The minimum absolute atomic E-state index is 0. The zero-order valence-electron chi connectivity index (χ0n) is 11.8. The Morgan fingerprint density at radius 1 is 1.35 bits per heavy atom. The molecule has 1 aliphatic rings. The quantitative estimate of drug-likeness (QED) is 0.873. The normalized spacial score (nSPS) is 17.1. The van der Waals surface area contributed by atoms with E-state index in [0.29, 0.717) is 6.54 Å². The van der Waals surface area contributed by atoms with Crippen molar-refractivity contribution in [3.63, 3.8) is 0 Å². The number of piperidine rings is 1. The van der Waals surface area contributed by atoms with Crippen molar-refractivity contribution in [2.75, 3.05) is 26.7 Å². The number of hydrogen-bond acceptors (Lipinski definition) is 3. The van der Waals surface area contributed by atoms with Crippen molar-refractivity contribution in [1.82, 2.24) is 10.6 Å². The van der Waals surface area contributed by atoms with Gasteiger partial charge in [-0.05, 0) is 31.5 Å². The molecular weight excluding hydrogens is 276 g/mol. The average molecular weight is 299 g/mol. The summed E-state index contributed by atoms with van der Waals surface area (Å²) in [6, 6.07) is 9.98. The first-order valence-electron chi connectivity index (χ1n) is 6.87. The lowest BCUT2D eigenvalue weighted by molar-refractivity contribution is -0.126. The molecule has 5 heteroatoms. The topological polar surface area (TPSA) is 50.4 Å². The molecule has 2 rings (SSSR count). The minimum atomic E-state index is -0.0770. The second-order valence-corrected chi connectivity index (χ2v) is 4.90. The molecule has 1 aromatic rings. The van der Waals surface area contributed by atoms with E-state index in [1.165, 1.54) is 0 Å². The highest BCUT2D eigenvalue weighted by Gasteiger charge is 2.21. The highest BCUT2D eigenvalue weighted by Crippen LogP contribution is 2.16. The van der Waals surface area contributed by atoms with Gasteiger partial charge in [-0.3, -0.25) is 4.79 Å². The Bertz CT molecular complexity index is 394. The number of nitrogens with one attached hydrogen (secondary N) is 2. The smallest absolute Gasteiger partial charge is 0.223 e. The van der Waals surface area contributed by atoms with Crippen LogP contribution in [-0.4, -0.2) is 32.7 Å². The molecule has 0 saturated carbocycles. The van der Waals surface area contributed by atoms with Gasteiger partial charge in [-0.15, -0.1) is 12.4 Å². The van der Waals surface area contributed by atoms with E-state index in [4.69, 9.17) is 4.74 Å². The predicted molar refractivity (Wildman–Crippen MR) is 82.0 cm³/mol. The molecule has 0 aromatic heterocycles. The lowest BCUT2D eigenvalue weighted by Crippen LogP contribution is -2.39. The Morgan fingerprint density at radius 3 is 2.60 bits per heavy atom. The number of carbonyl (C=O) groups excluding carboxylic acids is 1. The van der Waals surface area contributed by atoms with Crippen molar-refractivity contribution in [2.24, 2.45) is 5.92 Å². The first-order valence-corrected chi connectivity index (χ1v) is 6.87. The van der Waals surface area contributed by atoms with E-state index in [-0.39, 0.29) is 30.3 Å². The van der Waals surface area contributed by atoms with Gasteiger partial charge in [0.1, 0.15) is 0 Å². The van der Waals surface area contributed by atoms with Crippen LogP contribution in [0.2, 0.25) is 0 Å². The number of benzene rings is 1. The summed E-state index contributed by atoms with van der Waals surface area (Å²) in [7, 11) is 1.67. The molecule has 112 valence electrons. The van der Waals surface area contributed by atoms with Gasteiger partial charge < -0.3 is 15.4 Å². The van der Waals surface area contributed by atoms with Gasteiger partial charge in [-0.1, -0.05) is 30.3 Å². The van der Waals surface area contributed by atoms with Gasteiger partial charge in [0.25, 0.3) is 0 Å². The van der Waals surface area contributed by atoms with Crippen LogP contribution >= 0.6 is 12.4 Å². The molecule has 1 aliphatic heterocycles. The summed E-state index contributed by atoms with van der Waals surface area (Å²) >= 11 is 0. The molecule has 4 nitrogen and oxygen atoms in total. The number of ether oxygens (including phenoxy) is 1. The lowest BCUT2D eigenvalue weighted by Gasteiger charge is -2.23. The van der Waals surface area contributed by atoms with Gasteiger partial charge >= 0.3 is 0 Å². The number of carbonyl (C=O) groups is 1. The number of hydrogen-bond donors (Lipinski definition) is 2. The molecular formula is C15H23ClN2O2. The highest BCUT2D eigenvalue weighted by molar-refractivity contribution is 5.85. The fraction of sp³-hybridized carbons (Fsp3) is 0.533. The van der Waals surface area contributed by atoms with Gasteiger partial charge in [0, 0.05) is 19.6 Å². The van der Waals surface area contributed by atoms with Crippen LogP contribution in [0.5, 0.6) is 0 Å². The molecule has 2 N–H and O–H groups in total. The zero-order chi connectivity index (χ0) is 13.5. The third-order valence-corrected chi connectivity index (χ3v) is 3.63. The van der Waals surface area contributed by atoms with Crippen LogP contribution in [0.1, 0.15) is 24.5 Å². The van der Waals surface area contributed by atoms with Crippen LogP contribution in [0.15, 0.2) is 30.3 Å². The summed E-state index contributed by atoms with van der Waals surface area (Å²) < 4.78 is 5.45. The SMILES string of the molecule is COC(CNC(=O)C1CCNCC1)c1ccccc1.Cl. The third kappa shape index (κ3) is 4.78. The van der Waals surface area contributed by atoms with E-state index >= 15 is 0 Å². The van der Waals surface area contributed by atoms with Crippen molar-refractivity contribution in [1.29, 1.82) is 0 Å². The van der Waals surface area contributed by atoms with Crippen LogP contribution in [0.25, 0.3) is 0 Å². The Kier molecular flexibility index (Phi) is 7.59. The summed E-state index contributed by atoms with van der Waals surface area (Å²) in [4.78, 5) is 12.1. The fourth-order valence-corrected chi connectivity index (χ4v) is 2.43. The maximum absolute atomic E-state index is 12.1. The third-order valence-electron chi connectivity index (χ3n) is 3.63. The molecule has 1 unspecified atom stereocenters. The van der Waals surface area contributed by atoms with E-state index in [2.05, 4.69) is 10.6 Å². The first kappa shape index (κ1) is 17.0. The monoisotopic (exact) mass is 298 g/mol. The molecule has 1 heterocycles. The highest BCUT2D eigenvalue weighted by atomic mass is 35.5. The molecule has 0 aliphatic carbocycles. The summed E-state index contributed by atoms with van der Waals surface area (Å²) in [5.74, 6) is 0.300. The van der Waals surface area contributed by atoms with Crippen molar-refractivity contribution < 1.29 is 9.53 Å². The number of rotatable bonds is 5. The predicted octanol–water partition coefficient (Wildman–Crippen LogP) is 1.91. The first-order chi connectivity index (χ1) is 9.31. The Labute approximate surface area is 126 Å². The molecule has 1 fully saturated rings. The minimum Gasteiger partial charge on any atom is -0.375 e. The van der Waals surface area contributed by atoms with Gasteiger partial charge in [0.05, 0.1) is 6.10 Å². The van der Waals surface area contributed by atoms with Crippen molar-refractivity contribution in [3.05, 3.63) is 35.9 Å². The average Bonchev–Trinajstić information content (AvgIpc) is 2.49. The van der Waals surface area contributed by atoms with E-state index in [1.54, 1.807) is 7.11 Å². The fourth-order valence-electron chi connectivity index (χ4n) is 2.43. The van der Waals surface area contributed by atoms with Crippen LogP contribution < -0.4 is 10.6 Å². The molecule has 0 radical (unpaired) electrons. The summed E-state index contributed by atoms with van der Waals surface area (Å²) in [6.45, 7) is 2.40. The van der Waals surface area contributed by atoms with Crippen LogP contribution in [0.3, 0.4) is 0 Å². The van der Waals surface area contributed by atoms with E-state index in [9.17, 15) is 4.79 Å². The van der Waals surface area contributed by atoms with Gasteiger partial charge in [0.2, 0.25) is 5.91 Å². The number of amides is 1. The molecule has 1 atom stereocenters. The van der Waals surface area contributed by atoms with Crippen LogP contribution in [-0.2, 0) is 9.53 Å². The number of halogens is 1. The van der Waals surface area contributed by atoms with Crippen molar-refractivity contribution in [2.45, 2.75) is 18.9 Å². The molecule has 0 bridgehead atoms. The molecule has 1 aromatic carbocycles. The molecule has 1 amide bonds. The van der Waals surface area contributed by atoms with E-state index < -0.39 is 0 Å². The maximum Gasteiger partial charge on any atom is 0.223 e. The molecule has 0 spiro atoms. The largest absolute Gasteiger partial charge is 0.375 e. The second kappa shape index (κ2) is 8.95. The van der Waals surface area contributed by atoms with E-state index in [1.807, 2.05) is 30.3 Å². The van der Waals surface area contributed by atoms with E-state index in [0.717, 1.165) is 31.5 Å². The zero-order valence-corrected chi connectivity index (χ0v) is 12.6. The molecule has 1 saturated heterocycles.